The van der Waals surface area contributed by atoms with Crippen molar-refractivity contribution in [3.05, 3.63) is 63.7 Å². The Morgan fingerprint density at radius 2 is 1.98 bits per heavy atom. The van der Waals surface area contributed by atoms with Crippen LogP contribution in [0.1, 0.15) is 22.3 Å². The second-order valence-corrected chi connectivity index (χ2v) is 8.93. The van der Waals surface area contributed by atoms with Gasteiger partial charge in [0, 0.05) is 6.07 Å². The Labute approximate surface area is 235 Å². The van der Waals surface area contributed by atoms with Crippen molar-refractivity contribution in [3.63, 3.8) is 0 Å². The molecule has 1 unspecified atom stereocenters. The van der Waals surface area contributed by atoms with E-state index in [1.807, 2.05) is 6.07 Å². The summed E-state index contributed by atoms with van der Waals surface area (Å²) in [7, 11) is 0. The maximum atomic E-state index is 12.2. The van der Waals surface area contributed by atoms with Gasteiger partial charge in [-0.25, -0.2) is 14.6 Å². The van der Waals surface area contributed by atoms with E-state index in [1.54, 1.807) is 12.3 Å². The Balaban J connectivity index is 2.20. The van der Waals surface area contributed by atoms with Crippen LogP contribution in [0.2, 0.25) is 0 Å². The zero-order valence-corrected chi connectivity index (χ0v) is 22.0. The van der Waals surface area contributed by atoms with Gasteiger partial charge in [0.2, 0.25) is 5.82 Å². The van der Waals surface area contributed by atoms with Crippen LogP contribution in [0.5, 0.6) is 23.4 Å². The van der Waals surface area contributed by atoms with Crippen LogP contribution >= 0.6 is 11.8 Å². The molecule has 0 spiro atoms. The van der Waals surface area contributed by atoms with Crippen LogP contribution in [0.15, 0.2) is 47.5 Å². The van der Waals surface area contributed by atoms with Crippen LogP contribution < -0.4 is 26.3 Å². The minimum Gasteiger partial charge on any atom is -0.480 e. The number of hydrogen-bond donors (Lipinski definition) is 5. The Hall–Kier alpha value is -5.63. The van der Waals surface area contributed by atoms with Crippen molar-refractivity contribution in [2.75, 3.05) is 17.3 Å². The highest BCUT2D eigenvalue weighted by atomic mass is 32.2. The molecule has 1 heterocycles. The lowest BCUT2D eigenvalue weighted by Crippen LogP contribution is -2.30. The molecule has 0 bridgehead atoms. The van der Waals surface area contributed by atoms with E-state index in [9.17, 15) is 35.2 Å². The number of aromatic carboxylic acids is 1. The van der Waals surface area contributed by atoms with Crippen molar-refractivity contribution in [2.24, 2.45) is 16.5 Å². The molecule has 0 radical (unpaired) electrons. The standard InChI is InChI=1S/C24H22N8O8S/c1-41-8-7-16(22(35)36)29-19-18(32(37)38)20(40-17-9-12(11-25)5-6-15(17)21(33)34)31-24(30-19)39-14-4-2-3-13(10-14)28-23(26)27/h2-6,9-10,16H,7-8H2,1H3,(H,33,34)(H,35,36)(H4,26,27,28)(H,29,30,31). The molecule has 0 saturated carbocycles. The average molecular weight is 583 g/mol. The van der Waals surface area contributed by atoms with Crippen LogP contribution in [0.25, 0.3) is 0 Å². The summed E-state index contributed by atoms with van der Waals surface area (Å²) in [6.07, 6.45) is 1.83. The average Bonchev–Trinajstić information content (AvgIpc) is 2.90. The molecule has 16 nitrogen and oxygen atoms in total. The highest BCUT2D eigenvalue weighted by Crippen LogP contribution is 2.39. The van der Waals surface area contributed by atoms with E-state index in [2.05, 4.69) is 20.3 Å². The molecule has 1 aromatic heterocycles. The first-order chi connectivity index (χ1) is 19.5. The molecule has 0 aliphatic rings. The first-order valence-corrected chi connectivity index (χ1v) is 12.8. The third kappa shape index (κ3) is 7.93. The number of aliphatic carboxylic acids is 1. The molecule has 3 aromatic rings. The zero-order chi connectivity index (χ0) is 30.1. The van der Waals surface area contributed by atoms with Gasteiger partial charge in [-0.15, -0.1) is 0 Å². The van der Waals surface area contributed by atoms with Crippen LogP contribution in [-0.4, -0.2) is 61.1 Å². The number of carboxylic acid groups (broad SMARTS) is 2. The van der Waals surface area contributed by atoms with Gasteiger partial charge in [0.15, 0.2) is 5.96 Å². The lowest BCUT2D eigenvalue weighted by atomic mass is 10.1. The molecular weight excluding hydrogens is 560 g/mol. The smallest absolute Gasteiger partial charge is 0.373 e. The van der Waals surface area contributed by atoms with Crippen molar-refractivity contribution >= 4 is 46.9 Å². The molecule has 0 fully saturated rings. The van der Waals surface area contributed by atoms with E-state index in [4.69, 9.17) is 20.9 Å². The second-order valence-electron chi connectivity index (χ2n) is 7.95. The number of nitriles is 1. The number of anilines is 1. The molecular formula is C24H22N8O8S. The summed E-state index contributed by atoms with van der Waals surface area (Å²) >= 11 is 1.36. The maximum absolute atomic E-state index is 12.2. The van der Waals surface area contributed by atoms with Gasteiger partial charge in [0.05, 0.1) is 22.2 Å². The number of nitrogens with zero attached hydrogens (tertiary/aromatic N) is 5. The number of aliphatic imine (C=N–C) groups is 1. The van der Waals surface area contributed by atoms with Crippen LogP contribution in [0.4, 0.5) is 17.2 Å². The number of nitrogens with two attached hydrogens (primary N) is 2. The van der Waals surface area contributed by atoms with E-state index >= 15 is 0 Å². The van der Waals surface area contributed by atoms with Crippen LogP contribution in [-0.2, 0) is 4.79 Å². The van der Waals surface area contributed by atoms with E-state index in [0.717, 1.165) is 12.1 Å². The van der Waals surface area contributed by atoms with Gasteiger partial charge >= 0.3 is 29.5 Å². The van der Waals surface area contributed by atoms with Gasteiger partial charge in [-0.3, -0.25) is 10.1 Å². The lowest BCUT2D eigenvalue weighted by Gasteiger charge is -2.17. The van der Waals surface area contributed by atoms with Gasteiger partial charge in [0.25, 0.3) is 0 Å². The van der Waals surface area contributed by atoms with E-state index in [-0.39, 0.29) is 23.7 Å². The summed E-state index contributed by atoms with van der Waals surface area (Å²) in [5.41, 5.74) is 9.77. The quantitative estimate of drug-likeness (QED) is 0.0838. The Morgan fingerprint density at radius 1 is 1.22 bits per heavy atom. The molecule has 41 heavy (non-hydrogen) atoms. The third-order valence-corrected chi connectivity index (χ3v) is 5.71. The fourth-order valence-electron chi connectivity index (χ4n) is 3.28. The molecule has 0 saturated heterocycles. The summed E-state index contributed by atoms with van der Waals surface area (Å²) in [5, 5.41) is 43.2. The fourth-order valence-corrected chi connectivity index (χ4v) is 3.75. The summed E-state index contributed by atoms with van der Waals surface area (Å²) in [5.74, 6) is -4.29. The SMILES string of the molecule is CSCCC(Nc1nc(Oc2cccc(N=C(N)N)c2)nc(Oc2cc(C#N)ccc2C(=O)O)c1[N+](=O)[O-])C(=O)O. The van der Waals surface area contributed by atoms with Crippen molar-refractivity contribution in [1.82, 2.24) is 9.97 Å². The highest BCUT2D eigenvalue weighted by Gasteiger charge is 2.32. The molecule has 17 heteroatoms. The predicted octanol–water partition coefficient (Wildman–Crippen LogP) is 3.06. The number of rotatable bonds is 13. The van der Waals surface area contributed by atoms with Gasteiger partial charge in [-0.2, -0.15) is 27.0 Å². The minimum absolute atomic E-state index is 0.00363. The minimum atomic E-state index is -1.45. The zero-order valence-electron chi connectivity index (χ0n) is 21.2. The Bertz CT molecular complexity index is 1560. The van der Waals surface area contributed by atoms with Gasteiger partial charge < -0.3 is 36.5 Å². The van der Waals surface area contributed by atoms with Crippen LogP contribution in [0, 0.1) is 21.4 Å². The number of hydrogen-bond acceptors (Lipinski definition) is 12. The third-order valence-electron chi connectivity index (χ3n) is 5.07. The van der Waals surface area contributed by atoms with Crippen molar-refractivity contribution in [2.45, 2.75) is 12.5 Å². The van der Waals surface area contributed by atoms with Crippen LogP contribution in [0.3, 0.4) is 0 Å². The normalized spacial score (nSPS) is 11.0. The summed E-state index contributed by atoms with van der Waals surface area (Å²) < 4.78 is 11.2. The number of nitrogens with one attached hydrogen (secondary N) is 1. The number of thioether (sulfide) groups is 1. The summed E-state index contributed by atoms with van der Waals surface area (Å²) in [6.45, 7) is 0. The summed E-state index contributed by atoms with van der Waals surface area (Å²) in [6, 6.07) is 9.30. The lowest BCUT2D eigenvalue weighted by molar-refractivity contribution is -0.385. The molecule has 7 N–H and O–H groups in total. The summed E-state index contributed by atoms with van der Waals surface area (Å²) in [4.78, 5) is 46.8. The van der Waals surface area contributed by atoms with Gasteiger partial charge in [-0.1, -0.05) is 6.07 Å². The maximum Gasteiger partial charge on any atom is 0.373 e. The highest BCUT2D eigenvalue weighted by molar-refractivity contribution is 7.98. The number of carboxylic acids is 2. The van der Waals surface area contributed by atoms with Crippen molar-refractivity contribution in [3.8, 4) is 29.5 Å². The molecule has 1 atom stereocenters. The molecule has 0 amide bonds. The fraction of sp³-hybridized carbons (Fsp3) is 0.167. The van der Waals surface area contributed by atoms with E-state index < -0.39 is 57.6 Å². The number of carbonyl (C=O) groups is 2. The second kappa shape index (κ2) is 13.4. The predicted molar refractivity (Wildman–Crippen MR) is 147 cm³/mol. The Kier molecular flexibility index (Phi) is 9.81. The van der Waals surface area contributed by atoms with E-state index in [0.29, 0.717) is 11.4 Å². The number of nitro groups is 1. The molecule has 0 aliphatic carbocycles. The first kappa shape index (κ1) is 29.9. The molecule has 212 valence electrons. The number of aromatic nitrogens is 2. The number of ether oxygens (including phenoxy) is 2. The monoisotopic (exact) mass is 582 g/mol. The largest absolute Gasteiger partial charge is 0.480 e. The number of benzene rings is 2. The topological polar surface area (TPSA) is 262 Å². The van der Waals surface area contributed by atoms with E-state index in [1.165, 1.54) is 36.0 Å². The van der Waals surface area contributed by atoms with Gasteiger partial charge in [-0.05, 0) is 48.8 Å². The van der Waals surface area contributed by atoms with Crippen molar-refractivity contribution in [1.29, 1.82) is 5.26 Å². The molecule has 2 aromatic carbocycles. The number of guanidine groups is 1. The van der Waals surface area contributed by atoms with Gasteiger partial charge in [0.1, 0.15) is 23.1 Å². The first-order valence-electron chi connectivity index (χ1n) is 11.4. The van der Waals surface area contributed by atoms with Crippen molar-refractivity contribution < 1.29 is 34.2 Å². The molecule has 3 rings (SSSR count). The Morgan fingerprint density at radius 3 is 2.59 bits per heavy atom. The molecule has 0 aliphatic heterocycles.